The summed E-state index contributed by atoms with van der Waals surface area (Å²) in [5.41, 5.74) is 4.40. The maximum atomic E-state index is 4.58. The summed E-state index contributed by atoms with van der Waals surface area (Å²) in [5.74, 6) is 2.17. The largest absolute Gasteiger partial charge is 0.341 e. The van der Waals surface area contributed by atoms with Crippen molar-refractivity contribution < 1.29 is 0 Å². The Morgan fingerprint density at radius 3 is 1.30 bits per heavy atom. The van der Waals surface area contributed by atoms with Crippen LogP contribution in [0.15, 0.2) is 48.5 Å². The van der Waals surface area contributed by atoms with Crippen molar-refractivity contribution in [3.63, 3.8) is 0 Å². The maximum Gasteiger partial charge on any atom is 0.124 e. The molecule has 11 heteroatoms. The molecule has 4 heterocycles. The Balaban J connectivity index is 0.000000539. The van der Waals surface area contributed by atoms with Crippen LogP contribution in [0.1, 0.15) is 49.4 Å². The molecule has 2 saturated heterocycles. The van der Waals surface area contributed by atoms with E-state index in [9.17, 15) is 0 Å². The lowest BCUT2D eigenvalue weighted by Gasteiger charge is -2.04. The van der Waals surface area contributed by atoms with Crippen LogP contribution in [-0.4, -0.2) is 33.0 Å². The van der Waals surface area contributed by atoms with Crippen molar-refractivity contribution >= 4 is 84.1 Å². The summed E-state index contributed by atoms with van der Waals surface area (Å²) in [6, 6.07) is 17.2. The summed E-state index contributed by atoms with van der Waals surface area (Å²) in [6.45, 7) is 2.23. The van der Waals surface area contributed by atoms with Gasteiger partial charge in [0.15, 0.2) is 0 Å². The van der Waals surface area contributed by atoms with Crippen LogP contribution in [0.25, 0.3) is 22.1 Å². The summed E-state index contributed by atoms with van der Waals surface area (Å²) < 4.78 is 0. The van der Waals surface area contributed by atoms with E-state index in [1.54, 1.807) is 0 Å². The van der Waals surface area contributed by atoms with Crippen molar-refractivity contribution in [1.29, 1.82) is 0 Å². The second-order valence-electron chi connectivity index (χ2n) is 7.58. The molecule has 4 N–H and O–H groups in total. The lowest BCUT2D eigenvalue weighted by Crippen LogP contribution is -2.13. The van der Waals surface area contributed by atoms with E-state index in [2.05, 4.69) is 42.7 Å². The summed E-state index contributed by atoms with van der Waals surface area (Å²) >= 11 is 0. The van der Waals surface area contributed by atoms with E-state index in [1.807, 2.05) is 36.4 Å². The zero-order valence-corrected chi connectivity index (χ0v) is 22.0. The quantitative estimate of drug-likeness (QED) is 0.241. The number of nitrogens with zero attached hydrogens (tertiary/aromatic N) is 2. The molecule has 6 nitrogen and oxygen atoms in total. The van der Waals surface area contributed by atoms with Crippen LogP contribution in [0, 0.1) is 0 Å². The lowest BCUT2D eigenvalue weighted by atomic mass is 10.2. The van der Waals surface area contributed by atoms with Crippen LogP contribution in [-0.2, 0) is 0 Å². The number of hydrogen-bond donors (Lipinski definition) is 4. The highest BCUT2D eigenvalue weighted by Gasteiger charge is 2.20. The summed E-state index contributed by atoms with van der Waals surface area (Å²) in [6.07, 6.45) is 4.89. The molecule has 2 aliphatic heterocycles. The number of imidazole rings is 2. The number of halogens is 5. The van der Waals surface area contributed by atoms with Crippen LogP contribution in [0.3, 0.4) is 0 Å². The highest BCUT2D eigenvalue weighted by atomic mass is 35.5. The molecule has 2 atom stereocenters. The third kappa shape index (κ3) is 7.36. The highest BCUT2D eigenvalue weighted by molar-refractivity contribution is 5.86. The number of para-hydroxylation sites is 4. The van der Waals surface area contributed by atoms with E-state index in [1.165, 1.54) is 25.7 Å². The molecule has 2 aliphatic rings. The van der Waals surface area contributed by atoms with E-state index in [0.29, 0.717) is 12.1 Å². The van der Waals surface area contributed by atoms with Gasteiger partial charge in [-0.1, -0.05) is 24.3 Å². The minimum atomic E-state index is 0. The Labute approximate surface area is 224 Å². The SMILES string of the molecule is Cl.Cl.Cl.Cl.Cl.c1ccc2[nH]c([C@@H]3CCCN3)nc2c1.c1ccc2[nH]c([C@@H]3CCCN3)nc2c1. The van der Waals surface area contributed by atoms with E-state index in [4.69, 9.17) is 0 Å². The Bertz CT molecular complexity index is 921. The molecule has 2 aromatic heterocycles. The first-order valence-electron chi connectivity index (χ1n) is 10.2. The number of aromatic amines is 2. The van der Waals surface area contributed by atoms with Gasteiger partial charge in [0.1, 0.15) is 11.6 Å². The first kappa shape index (κ1) is 31.8. The molecule has 0 spiro atoms. The predicted octanol–water partition coefficient (Wildman–Crippen LogP) is 6.08. The number of H-pyrrole nitrogens is 2. The molecule has 6 rings (SSSR count). The Morgan fingerprint density at radius 1 is 0.576 bits per heavy atom. The lowest BCUT2D eigenvalue weighted by molar-refractivity contribution is 0.614. The molecule has 2 fully saturated rings. The van der Waals surface area contributed by atoms with Gasteiger partial charge in [0.2, 0.25) is 0 Å². The summed E-state index contributed by atoms with van der Waals surface area (Å²) in [7, 11) is 0. The minimum Gasteiger partial charge on any atom is -0.341 e. The molecule has 33 heavy (non-hydrogen) atoms. The van der Waals surface area contributed by atoms with Gasteiger partial charge in [-0.15, -0.1) is 62.0 Å². The average Bonchev–Trinajstić information content (AvgIpc) is 3.54. The van der Waals surface area contributed by atoms with Crippen LogP contribution in [0.5, 0.6) is 0 Å². The molecular formula is C22H31Cl5N6. The molecular weight excluding hydrogens is 526 g/mol. The van der Waals surface area contributed by atoms with Gasteiger partial charge in [-0.3, -0.25) is 0 Å². The van der Waals surface area contributed by atoms with Crippen molar-refractivity contribution in [2.45, 2.75) is 37.8 Å². The maximum absolute atomic E-state index is 4.58. The first-order chi connectivity index (χ1) is 13.9. The van der Waals surface area contributed by atoms with Gasteiger partial charge in [-0.05, 0) is 63.0 Å². The fourth-order valence-corrected chi connectivity index (χ4v) is 4.11. The second-order valence-corrected chi connectivity index (χ2v) is 7.58. The number of aromatic nitrogens is 4. The summed E-state index contributed by atoms with van der Waals surface area (Å²) in [5, 5.41) is 6.88. The molecule has 0 aliphatic carbocycles. The predicted molar refractivity (Wildman–Crippen MR) is 148 cm³/mol. The molecule has 0 radical (unpaired) electrons. The highest BCUT2D eigenvalue weighted by Crippen LogP contribution is 2.23. The topological polar surface area (TPSA) is 81.4 Å². The van der Waals surface area contributed by atoms with E-state index >= 15 is 0 Å². The zero-order chi connectivity index (χ0) is 18.8. The molecule has 4 aromatic rings. The smallest absolute Gasteiger partial charge is 0.124 e. The molecule has 0 bridgehead atoms. The third-order valence-electron chi connectivity index (χ3n) is 5.60. The zero-order valence-electron chi connectivity index (χ0n) is 18.0. The van der Waals surface area contributed by atoms with Gasteiger partial charge in [-0.25, -0.2) is 9.97 Å². The van der Waals surface area contributed by atoms with Gasteiger partial charge >= 0.3 is 0 Å². The monoisotopic (exact) mass is 554 g/mol. The van der Waals surface area contributed by atoms with Gasteiger partial charge < -0.3 is 20.6 Å². The second kappa shape index (κ2) is 14.9. The number of nitrogens with one attached hydrogen (secondary N) is 4. The number of hydrogen-bond acceptors (Lipinski definition) is 4. The van der Waals surface area contributed by atoms with Crippen molar-refractivity contribution in [2.24, 2.45) is 0 Å². The number of fused-ring (bicyclic) bond motifs is 2. The minimum absolute atomic E-state index is 0. The third-order valence-corrected chi connectivity index (χ3v) is 5.60. The van der Waals surface area contributed by atoms with Crippen LogP contribution in [0.4, 0.5) is 0 Å². The van der Waals surface area contributed by atoms with Crippen molar-refractivity contribution in [1.82, 2.24) is 30.6 Å². The van der Waals surface area contributed by atoms with E-state index < -0.39 is 0 Å². The van der Waals surface area contributed by atoms with Gasteiger partial charge in [0.05, 0.1) is 34.2 Å². The van der Waals surface area contributed by atoms with Crippen LogP contribution < -0.4 is 10.6 Å². The van der Waals surface area contributed by atoms with Crippen LogP contribution in [0.2, 0.25) is 0 Å². The molecule has 184 valence electrons. The van der Waals surface area contributed by atoms with E-state index in [0.717, 1.165) is 46.8 Å². The molecule has 0 amide bonds. The van der Waals surface area contributed by atoms with Gasteiger partial charge in [-0.2, -0.15) is 0 Å². The normalized spacial score (nSPS) is 18.5. The van der Waals surface area contributed by atoms with E-state index in [-0.39, 0.29) is 62.0 Å². The van der Waals surface area contributed by atoms with Crippen molar-refractivity contribution in [2.75, 3.05) is 13.1 Å². The Hall–Kier alpha value is -1.25. The standard InChI is InChI=1S/2C11H13N3.5ClH/c2*1-2-5-9-8(4-1)13-11(14-9)10-6-3-7-12-10;;;;;/h2*1-2,4-5,10,12H,3,6-7H2,(H,13,14);5*1H/t2*10-;;;;;/m00...../s1. The van der Waals surface area contributed by atoms with Crippen molar-refractivity contribution in [3.05, 3.63) is 60.2 Å². The van der Waals surface area contributed by atoms with Crippen LogP contribution >= 0.6 is 62.0 Å². The molecule has 2 aromatic carbocycles. The van der Waals surface area contributed by atoms with Gasteiger partial charge in [0, 0.05) is 0 Å². The molecule has 0 saturated carbocycles. The number of benzene rings is 2. The Kier molecular flexibility index (Phi) is 14.3. The number of rotatable bonds is 2. The fourth-order valence-electron chi connectivity index (χ4n) is 4.11. The fraction of sp³-hybridized carbons (Fsp3) is 0.364. The average molecular weight is 557 g/mol. The van der Waals surface area contributed by atoms with Gasteiger partial charge in [0.25, 0.3) is 0 Å². The Morgan fingerprint density at radius 2 is 0.970 bits per heavy atom. The molecule has 0 unspecified atom stereocenters. The first-order valence-corrected chi connectivity index (χ1v) is 10.2. The van der Waals surface area contributed by atoms with Crippen molar-refractivity contribution in [3.8, 4) is 0 Å². The summed E-state index contributed by atoms with van der Waals surface area (Å²) in [4.78, 5) is 15.9.